The minimum Gasteiger partial charge on any atom is -0.545 e. The standard InChI is InChI=1S/C19H21N3O2/c23-19(24)18-8-6-16(7-9-18)14-20-22-12-10-21(11-13-22)15-17-4-2-1-3-5-17/h1-9,14H,10-13,15H2,(H,23,24)/b20-14-. The molecule has 5 nitrogen and oxygen atoms in total. The van der Waals surface area contributed by atoms with Gasteiger partial charge in [0.15, 0.2) is 0 Å². The average Bonchev–Trinajstić information content (AvgIpc) is 2.62. The summed E-state index contributed by atoms with van der Waals surface area (Å²) in [5.41, 5.74) is 2.45. The van der Waals surface area contributed by atoms with E-state index < -0.39 is 5.97 Å². The Morgan fingerprint density at radius 1 is 1.08 bits per heavy atom. The molecule has 1 saturated heterocycles. The number of benzene rings is 2. The number of rotatable bonds is 5. The third-order valence-electron chi connectivity index (χ3n) is 4.26. The molecule has 2 aromatic rings. The van der Waals surface area contributed by atoms with Gasteiger partial charge in [-0.15, -0.1) is 0 Å². The fourth-order valence-corrected chi connectivity index (χ4v) is 2.84. The molecule has 5 heteroatoms. The Morgan fingerprint density at radius 2 is 1.75 bits per heavy atom. The minimum absolute atomic E-state index is 0.185. The van der Waals surface area contributed by atoms with Crippen molar-refractivity contribution < 1.29 is 14.8 Å². The van der Waals surface area contributed by atoms with Crippen LogP contribution in [0.1, 0.15) is 21.5 Å². The van der Waals surface area contributed by atoms with Crippen LogP contribution in [0.2, 0.25) is 0 Å². The number of hydrogen-bond donors (Lipinski definition) is 1. The number of hydrogen-bond acceptors (Lipinski definition) is 4. The molecule has 1 fully saturated rings. The molecule has 0 spiro atoms. The van der Waals surface area contributed by atoms with Gasteiger partial charge in [-0.1, -0.05) is 54.6 Å². The second-order valence-electron chi connectivity index (χ2n) is 6.02. The van der Waals surface area contributed by atoms with Crippen molar-refractivity contribution in [1.29, 1.82) is 0 Å². The van der Waals surface area contributed by atoms with E-state index in [1.807, 2.05) is 6.07 Å². The zero-order valence-electron chi connectivity index (χ0n) is 13.5. The van der Waals surface area contributed by atoms with Crippen LogP contribution >= 0.6 is 0 Å². The van der Waals surface area contributed by atoms with E-state index in [0.717, 1.165) is 38.3 Å². The Labute approximate surface area is 141 Å². The highest BCUT2D eigenvalue weighted by molar-refractivity contribution is 5.87. The number of carboxylic acid groups (broad SMARTS) is 1. The molecule has 0 saturated carbocycles. The van der Waals surface area contributed by atoms with Crippen molar-refractivity contribution in [3.8, 4) is 0 Å². The van der Waals surface area contributed by atoms with Crippen LogP contribution in [0.5, 0.6) is 0 Å². The predicted molar refractivity (Wildman–Crippen MR) is 90.8 cm³/mol. The maximum absolute atomic E-state index is 10.7. The lowest BCUT2D eigenvalue weighted by Crippen LogP contribution is -3.13. The van der Waals surface area contributed by atoms with Crippen molar-refractivity contribution >= 4 is 12.2 Å². The SMILES string of the molecule is O=C([O-])c1ccc(/C=N\N2CC[NH+](Cc3ccccc3)CC2)cc1. The fraction of sp³-hybridized carbons (Fsp3) is 0.263. The van der Waals surface area contributed by atoms with E-state index >= 15 is 0 Å². The first kappa shape index (κ1) is 16.2. The third kappa shape index (κ3) is 4.43. The van der Waals surface area contributed by atoms with Gasteiger partial charge in [0.25, 0.3) is 0 Å². The molecular formula is C19H21N3O2. The van der Waals surface area contributed by atoms with Crippen LogP contribution in [-0.2, 0) is 6.54 Å². The van der Waals surface area contributed by atoms with Crippen molar-refractivity contribution in [2.45, 2.75) is 6.54 Å². The molecule has 0 aromatic heterocycles. The van der Waals surface area contributed by atoms with Crippen LogP contribution in [0, 0.1) is 0 Å². The van der Waals surface area contributed by atoms with Crippen LogP contribution in [-0.4, -0.2) is 43.4 Å². The molecule has 1 aliphatic heterocycles. The number of piperazine rings is 1. The topological polar surface area (TPSA) is 60.2 Å². The van der Waals surface area contributed by atoms with Gasteiger partial charge in [0.1, 0.15) is 6.54 Å². The average molecular weight is 323 g/mol. The summed E-state index contributed by atoms with van der Waals surface area (Å²) >= 11 is 0. The van der Waals surface area contributed by atoms with Crippen LogP contribution in [0.4, 0.5) is 0 Å². The molecule has 24 heavy (non-hydrogen) atoms. The Bertz CT molecular complexity index is 690. The summed E-state index contributed by atoms with van der Waals surface area (Å²) in [4.78, 5) is 12.3. The van der Waals surface area contributed by atoms with E-state index in [9.17, 15) is 9.90 Å². The quantitative estimate of drug-likeness (QED) is 0.774. The van der Waals surface area contributed by atoms with Gasteiger partial charge in [0.2, 0.25) is 0 Å². The Kier molecular flexibility index (Phi) is 5.23. The maximum Gasteiger partial charge on any atom is 0.103 e. The van der Waals surface area contributed by atoms with E-state index in [1.54, 1.807) is 35.4 Å². The molecule has 2 aromatic carbocycles. The molecule has 0 radical (unpaired) electrons. The van der Waals surface area contributed by atoms with Gasteiger partial charge < -0.3 is 14.8 Å². The summed E-state index contributed by atoms with van der Waals surface area (Å²) in [7, 11) is 0. The second-order valence-corrected chi connectivity index (χ2v) is 6.02. The monoisotopic (exact) mass is 323 g/mol. The van der Waals surface area contributed by atoms with Gasteiger partial charge in [0, 0.05) is 5.56 Å². The van der Waals surface area contributed by atoms with Gasteiger partial charge in [-0.25, -0.2) is 0 Å². The first-order chi connectivity index (χ1) is 11.7. The van der Waals surface area contributed by atoms with Crippen molar-refractivity contribution in [3.05, 3.63) is 71.3 Å². The van der Waals surface area contributed by atoms with E-state index in [2.05, 4.69) is 34.4 Å². The molecule has 3 rings (SSSR count). The van der Waals surface area contributed by atoms with Crippen molar-refractivity contribution in [1.82, 2.24) is 5.01 Å². The van der Waals surface area contributed by atoms with E-state index in [0.29, 0.717) is 0 Å². The summed E-state index contributed by atoms with van der Waals surface area (Å²) < 4.78 is 0. The predicted octanol–water partition coefficient (Wildman–Crippen LogP) is -0.215. The van der Waals surface area contributed by atoms with Crippen molar-refractivity contribution in [3.63, 3.8) is 0 Å². The lowest BCUT2D eigenvalue weighted by Gasteiger charge is -2.30. The zero-order valence-corrected chi connectivity index (χ0v) is 13.5. The molecule has 1 heterocycles. The molecule has 0 unspecified atom stereocenters. The second kappa shape index (κ2) is 7.75. The lowest BCUT2D eigenvalue weighted by atomic mass is 10.1. The van der Waals surface area contributed by atoms with Gasteiger partial charge in [-0.3, -0.25) is 5.01 Å². The highest BCUT2D eigenvalue weighted by Gasteiger charge is 2.18. The number of hydrazone groups is 1. The number of nitrogens with one attached hydrogen (secondary N) is 1. The number of carbonyl (C=O) groups excluding carboxylic acids is 1. The summed E-state index contributed by atoms with van der Waals surface area (Å²) in [5, 5.41) is 17.3. The lowest BCUT2D eigenvalue weighted by molar-refractivity contribution is -0.918. The molecule has 0 aliphatic carbocycles. The third-order valence-corrected chi connectivity index (χ3v) is 4.26. The van der Waals surface area contributed by atoms with E-state index in [1.165, 1.54) is 5.56 Å². The summed E-state index contributed by atoms with van der Waals surface area (Å²) in [6, 6.07) is 17.1. The molecular weight excluding hydrogens is 302 g/mol. The van der Waals surface area contributed by atoms with E-state index in [4.69, 9.17) is 0 Å². The van der Waals surface area contributed by atoms with Crippen LogP contribution in [0.25, 0.3) is 0 Å². The Morgan fingerprint density at radius 3 is 2.38 bits per heavy atom. The summed E-state index contributed by atoms with van der Waals surface area (Å²) in [5.74, 6) is -1.16. The number of nitrogens with zero attached hydrogens (tertiary/aromatic N) is 2. The normalized spacial score (nSPS) is 15.8. The molecule has 0 bridgehead atoms. The minimum atomic E-state index is -1.16. The Hall–Kier alpha value is -2.66. The zero-order chi connectivity index (χ0) is 16.8. The van der Waals surface area contributed by atoms with Crippen molar-refractivity contribution in [2.24, 2.45) is 5.10 Å². The summed E-state index contributed by atoms with van der Waals surface area (Å²) in [6.07, 6.45) is 1.78. The first-order valence-corrected chi connectivity index (χ1v) is 8.18. The number of carboxylic acids is 1. The Balaban J connectivity index is 1.49. The summed E-state index contributed by atoms with van der Waals surface area (Å²) in [6.45, 7) is 5.04. The largest absolute Gasteiger partial charge is 0.545 e. The van der Waals surface area contributed by atoms with Gasteiger partial charge in [-0.05, 0) is 11.1 Å². The fourth-order valence-electron chi connectivity index (χ4n) is 2.84. The highest BCUT2D eigenvalue weighted by atomic mass is 16.4. The van der Waals surface area contributed by atoms with Crippen molar-refractivity contribution in [2.75, 3.05) is 26.2 Å². The van der Waals surface area contributed by atoms with E-state index in [-0.39, 0.29) is 5.56 Å². The van der Waals surface area contributed by atoms with Crippen LogP contribution in [0.15, 0.2) is 59.7 Å². The van der Waals surface area contributed by atoms with Gasteiger partial charge in [-0.2, -0.15) is 5.10 Å². The smallest absolute Gasteiger partial charge is 0.103 e. The number of aromatic carboxylic acids is 1. The maximum atomic E-state index is 10.7. The molecule has 1 N–H and O–H groups in total. The van der Waals surface area contributed by atoms with Crippen LogP contribution < -0.4 is 10.0 Å². The van der Waals surface area contributed by atoms with Crippen LogP contribution in [0.3, 0.4) is 0 Å². The number of carbonyl (C=O) groups is 1. The first-order valence-electron chi connectivity index (χ1n) is 8.18. The molecule has 1 aliphatic rings. The molecule has 0 atom stereocenters. The molecule has 0 amide bonds. The van der Waals surface area contributed by atoms with Gasteiger partial charge >= 0.3 is 0 Å². The highest BCUT2D eigenvalue weighted by Crippen LogP contribution is 2.02. The number of quaternary nitrogens is 1. The molecule has 124 valence electrons. The van der Waals surface area contributed by atoms with Gasteiger partial charge in [0.05, 0.1) is 38.4 Å².